The zero-order valence-electron chi connectivity index (χ0n) is 18.8. The number of hydrazone groups is 1. The molecule has 0 radical (unpaired) electrons. The number of nitrogens with zero attached hydrogens (tertiary/aromatic N) is 2. The first-order valence-corrected chi connectivity index (χ1v) is 12.4. The van der Waals surface area contributed by atoms with E-state index in [9.17, 15) is 9.59 Å². The summed E-state index contributed by atoms with van der Waals surface area (Å²) in [6.45, 7) is -0.145. The molecule has 178 valence electrons. The first kappa shape index (κ1) is 24.2. The van der Waals surface area contributed by atoms with Crippen LogP contribution in [-0.2, 0) is 9.59 Å². The molecule has 3 aromatic carbocycles. The van der Waals surface area contributed by atoms with Gasteiger partial charge in [-0.1, -0.05) is 36.0 Å². The van der Waals surface area contributed by atoms with E-state index in [0.717, 1.165) is 20.1 Å². The Morgan fingerprint density at radius 3 is 2.60 bits per heavy atom. The van der Waals surface area contributed by atoms with Crippen molar-refractivity contribution in [2.24, 2.45) is 5.10 Å². The number of anilines is 1. The normalized spacial score (nSPS) is 10.9. The van der Waals surface area contributed by atoms with Gasteiger partial charge in [-0.15, -0.1) is 11.3 Å². The highest BCUT2D eigenvalue weighted by molar-refractivity contribution is 8.01. The number of fused-ring (bicyclic) bond motifs is 1. The predicted octanol–water partition coefficient (Wildman–Crippen LogP) is 4.56. The molecule has 1 aromatic heterocycles. The van der Waals surface area contributed by atoms with Crippen molar-refractivity contribution in [3.05, 3.63) is 78.4 Å². The molecule has 2 N–H and O–H groups in total. The van der Waals surface area contributed by atoms with Crippen molar-refractivity contribution in [1.29, 1.82) is 0 Å². The number of thiazole rings is 1. The van der Waals surface area contributed by atoms with Gasteiger partial charge in [-0.25, -0.2) is 10.4 Å². The van der Waals surface area contributed by atoms with Crippen LogP contribution in [0.25, 0.3) is 10.2 Å². The molecule has 0 bridgehead atoms. The molecule has 0 saturated heterocycles. The molecule has 35 heavy (non-hydrogen) atoms. The molecule has 0 aliphatic heterocycles. The second-order valence-corrected chi connectivity index (χ2v) is 9.39. The van der Waals surface area contributed by atoms with Crippen LogP contribution in [-0.4, -0.2) is 42.5 Å². The number of ether oxygens (including phenoxy) is 2. The third kappa shape index (κ3) is 7.05. The van der Waals surface area contributed by atoms with Gasteiger partial charge in [0.2, 0.25) is 0 Å². The lowest BCUT2D eigenvalue weighted by Crippen LogP contribution is -2.20. The second kappa shape index (κ2) is 12.0. The van der Waals surface area contributed by atoms with Gasteiger partial charge in [0, 0.05) is 0 Å². The summed E-state index contributed by atoms with van der Waals surface area (Å²) in [5.74, 6) is 0.819. The highest BCUT2D eigenvalue weighted by atomic mass is 32.2. The minimum atomic E-state index is -0.299. The third-order valence-electron chi connectivity index (χ3n) is 4.63. The van der Waals surface area contributed by atoms with Crippen molar-refractivity contribution in [2.45, 2.75) is 4.34 Å². The summed E-state index contributed by atoms with van der Waals surface area (Å²) in [5, 5.41) is 6.75. The third-order valence-corrected chi connectivity index (χ3v) is 6.81. The Kier molecular flexibility index (Phi) is 8.31. The van der Waals surface area contributed by atoms with Crippen molar-refractivity contribution in [3.63, 3.8) is 0 Å². The van der Waals surface area contributed by atoms with E-state index in [4.69, 9.17) is 9.47 Å². The summed E-state index contributed by atoms with van der Waals surface area (Å²) in [6, 6.07) is 22.0. The van der Waals surface area contributed by atoms with Gasteiger partial charge in [0.1, 0.15) is 11.5 Å². The number of thioether (sulfide) groups is 1. The number of aromatic nitrogens is 1. The van der Waals surface area contributed by atoms with Gasteiger partial charge in [0.25, 0.3) is 11.8 Å². The molecule has 0 unspecified atom stereocenters. The van der Waals surface area contributed by atoms with E-state index < -0.39 is 0 Å². The Morgan fingerprint density at radius 2 is 1.80 bits per heavy atom. The van der Waals surface area contributed by atoms with Gasteiger partial charge in [-0.05, 0) is 54.1 Å². The molecule has 4 aromatic rings. The van der Waals surface area contributed by atoms with Gasteiger partial charge in [0.15, 0.2) is 10.9 Å². The first-order valence-electron chi connectivity index (χ1n) is 10.6. The summed E-state index contributed by atoms with van der Waals surface area (Å²) in [4.78, 5) is 28.7. The van der Waals surface area contributed by atoms with Crippen LogP contribution in [0, 0.1) is 0 Å². The zero-order chi connectivity index (χ0) is 24.5. The Bertz CT molecular complexity index is 1310. The standard InChI is InChI=1S/C25H22N4O4S2/c1-32-21-8-4-2-6-19(21)27-23(30)15-33-18-12-10-17(11-13-18)14-26-29-24(31)16-34-25-28-20-7-3-5-9-22(20)35-25/h2-14H,15-16H2,1H3,(H,27,30)(H,29,31)/b26-14+. The van der Waals surface area contributed by atoms with Crippen LogP contribution >= 0.6 is 23.1 Å². The van der Waals surface area contributed by atoms with Crippen LogP contribution in [0.2, 0.25) is 0 Å². The molecule has 0 atom stereocenters. The van der Waals surface area contributed by atoms with E-state index in [1.807, 2.05) is 36.4 Å². The average molecular weight is 507 g/mol. The van der Waals surface area contributed by atoms with E-state index in [2.05, 4.69) is 20.8 Å². The fourth-order valence-corrected chi connectivity index (χ4v) is 4.85. The van der Waals surface area contributed by atoms with Crippen LogP contribution in [0.3, 0.4) is 0 Å². The van der Waals surface area contributed by atoms with E-state index in [1.54, 1.807) is 61.1 Å². The first-order chi connectivity index (χ1) is 17.1. The number of amides is 2. The van der Waals surface area contributed by atoms with E-state index in [-0.39, 0.29) is 24.2 Å². The fraction of sp³-hybridized carbons (Fsp3) is 0.120. The number of methoxy groups -OCH3 is 1. The molecule has 0 fully saturated rings. The summed E-state index contributed by atoms with van der Waals surface area (Å²) in [5.41, 5.74) is 4.80. The predicted molar refractivity (Wildman–Crippen MR) is 140 cm³/mol. The maximum Gasteiger partial charge on any atom is 0.262 e. The van der Waals surface area contributed by atoms with Crippen molar-refractivity contribution in [3.8, 4) is 11.5 Å². The number of benzene rings is 3. The molecule has 10 heteroatoms. The van der Waals surface area contributed by atoms with Crippen LogP contribution in [0.5, 0.6) is 11.5 Å². The van der Waals surface area contributed by atoms with Gasteiger partial charge < -0.3 is 14.8 Å². The number of para-hydroxylation sites is 3. The van der Waals surface area contributed by atoms with E-state index in [0.29, 0.717) is 17.2 Å². The largest absolute Gasteiger partial charge is 0.495 e. The summed E-state index contributed by atoms with van der Waals surface area (Å²) >= 11 is 2.94. The maximum absolute atomic E-state index is 12.2. The summed E-state index contributed by atoms with van der Waals surface area (Å²) in [7, 11) is 1.54. The molecule has 8 nitrogen and oxygen atoms in total. The highest BCUT2D eigenvalue weighted by Crippen LogP contribution is 2.29. The number of carbonyl (C=O) groups is 2. The number of hydrogen-bond donors (Lipinski definition) is 2. The fourth-order valence-electron chi connectivity index (χ4n) is 2.98. The highest BCUT2D eigenvalue weighted by Gasteiger charge is 2.08. The quantitative estimate of drug-likeness (QED) is 0.186. The Morgan fingerprint density at radius 1 is 1.03 bits per heavy atom. The van der Waals surface area contributed by atoms with Crippen LogP contribution in [0.1, 0.15) is 5.56 Å². The lowest BCUT2D eigenvalue weighted by Gasteiger charge is -2.10. The van der Waals surface area contributed by atoms with Crippen LogP contribution in [0.4, 0.5) is 5.69 Å². The smallest absolute Gasteiger partial charge is 0.262 e. The van der Waals surface area contributed by atoms with Crippen molar-refractivity contribution >= 4 is 57.0 Å². The molecule has 0 aliphatic carbocycles. The Balaban J connectivity index is 1.19. The minimum absolute atomic E-state index is 0.145. The minimum Gasteiger partial charge on any atom is -0.495 e. The molecular weight excluding hydrogens is 484 g/mol. The number of nitrogens with one attached hydrogen (secondary N) is 2. The van der Waals surface area contributed by atoms with E-state index >= 15 is 0 Å². The number of hydrogen-bond acceptors (Lipinski definition) is 8. The van der Waals surface area contributed by atoms with Gasteiger partial charge in [-0.2, -0.15) is 5.10 Å². The van der Waals surface area contributed by atoms with Crippen LogP contribution < -0.4 is 20.2 Å². The lowest BCUT2D eigenvalue weighted by molar-refractivity contribution is -0.119. The molecule has 0 spiro atoms. The van der Waals surface area contributed by atoms with E-state index in [1.165, 1.54) is 11.8 Å². The van der Waals surface area contributed by atoms with Gasteiger partial charge in [-0.3, -0.25) is 9.59 Å². The van der Waals surface area contributed by atoms with Crippen molar-refractivity contribution < 1.29 is 19.1 Å². The van der Waals surface area contributed by atoms with Crippen LogP contribution in [0.15, 0.2) is 82.2 Å². The molecule has 4 rings (SSSR count). The second-order valence-electron chi connectivity index (χ2n) is 7.14. The van der Waals surface area contributed by atoms with Crippen molar-refractivity contribution in [2.75, 3.05) is 24.8 Å². The SMILES string of the molecule is COc1ccccc1NC(=O)COc1ccc(/C=N/NC(=O)CSc2nc3ccccc3s2)cc1. The molecule has 0 saturated carbocycles. The zero-order valence-corrected chi connectivity index (χ0v) is 20.4. The Hall–Kier alpha value is -3.89. The number of rotatable bonds is 10. The molecular formula is C25H22N4O4S2. The Labute approximate surface area is 210 Å². The summed E-state index contributed by atoms with van der Waals surface area (Å²) in [6.07, 6.45) is 1.54. The van der Waals surface area contributed by atoms with Gasteiger partial charge in [0.05, 0.1) is 35.0 Å². The molecule has 1 heterocycles. The summed E-state index contributed by atoms with van der Waals surface area (Å²) < 4.78 is 12.7. The molecule has 2 amide bonds. The van der Waals surface area contributed by atoms with Crippen molar-refractivity contribution in [1.82, 2.24) is 10.4 Å². The molecule has 0 aliphatic rings. The monoisotopic (exact) mass is 506 g/mol. The van der Waals surface area contributed by atoms with Gasteiger partial charge >= 0.3 is 0 Å². The average Bonchev–Trinajstić information content (AvgIpc) is 3.30. The maximum atomic E-state index is 12.2. The number of carbonyl (C=O) groups excluding carboxylic acids is 2. The topological polar surface area (TPSA) is 102 Å². The lowest BCUT2D eigenvalue weighted by atomic mass is 10.2.